The predicted molar refractivity (Wildman–Crippen MR) is 40.3 cm³/mol. The fraction of sp³-hybridized carbons (Fsp3) is 0.833. The van der Waals surface area contributed by atoms with Crippen molar-refractivity contribution in [2.24, 2.45) is 11.5 Å². The molecule has 0 bridgehead atoms. The molecule has 10 heavy (non-hydrogen) atoms. The maximum absolute atomic E-state index is 10.4. The smallest absolute Gasteiger partial charge is 0.216 e. The summed E-state index contributed by atoms with van der Waals surface area (Å²) in [7, 11) is 0. The second-order valence-electron chi connectivity index (χ2n) is 2.27. The largest absolute Gasteiger partial charge is 0.355 e. The molecule has 0 aliphatic heterocycles. The van der Waals surface area contributed by atoms with Gasteiger partial charge in [0.05, 0.1) is 0 Å². The van der Waals surface area contributed by atoms with Gasteiger partial charge in [-0.1, -0.05) is 0 Å². The van der Waals surface area contributed by atoms with Gasteiger partial charge >= 0.3 is 0 Å². The maximum atomic E-state index is 10.4. The van der Waals surface area contributed by atoms with E-state index in [0.717, 1.165) is 6.42 Å². The molecule has 0 radical (unpaired) electrons. The second-order valence-corrected chi connectivity index (χ2v) is 2.27. The van der Waals surface area contributed by atoms with E-state index in [1.807, 2.05) is 0 Å². The summed E-state index contributed by atoms with van der Waals surface area (Å²) in [6, 6.07) is -0.00565. The molecule has 0 aromatic rings. The topological polar surface area (TPSA) is 81.1 Å². The van der Waals surface area contributed by atoms with Crippen molar-refractivity contribution in [3.05, 3.63) is 0 Å². The van der Waals surface area contributed by atoms with Gasteiger partial charge in [-0.25, -0.2) is 0 Å². The first-order chi connectivity index (χ1) is 4.66. The number of amides is 1. The molecule has 0 aromatic heterocycles. The third-order valence-electron chi connectivity index (χ3n) is 1.15. The van der Waals surface area contributed by atoms with E-state index in [9.17, 15) is 4.79 Å². The molecule has 5 N–H and O–H groups in total. The number of carbonyl (C=O) groups is 1. The number of nitrogens with two attached hydrogens (primary N) is 2. The average Bonchev–Trinajstić information content (AvgIpc) is 1.85. The highest BCUT2D eigenvalue weighted by Gasteiger charge is 1.99. The van der Waals surface area contributed by atoms with E-state index < -0.39 is 0 Å². The summed E-state index contributed by atoms with van der Waals surface area (Å²) in [6.07, 6.45) is 0.750. The van der Waals surface area contributed by atoms with Crippen LogP contribution in [0.5, 0.6) is 0 Å². The van der Waals surface area contributed by atoms with Crippen LogP contribution in [0.15, 0.2) is 0 Å². The second kappa shape index (κ2) is 5.20. The van der Waals surface area contributed by atoms with E-state index in [1.165, 1.54) is 6.92 Å². The zero-order chi connectivity index (χ0) is 7.98. The van der Waals surface area contributed by atoms with E-state index in [2.05, 4.69) is 5.32 Å². The Labute approximate surface area is 61.0 Å². The Hall–Kier alpha value is -0.610. The number of rotatable bonds is 4. The molecule has 0 rings (SSSR count). The first-order valence-electron chi connectivity index (χ1n) is 3.37. The lowest BCUT2D eigenvalue weighted by Gasteiger charge is -2.09. The Balaban J connectivity index is 3.21. The normalized spacial score (nSPS) is 12.7. The lowest BCUT2D eigenvalue weighted by molar-refractivity contribution is -0.119. The lowest BCUT2D eigenvalue weighted by Crippen LogP contribution is -2.37. The van der Waals surface area contributed by atoms with Gasteiger partial charge in [0.1, 0.15) is 0 Å². The van der Waals surface area contributed by atoms with Crippen molar-refractivity contribution in [1.82, 2.24) is 5.32 Å². The Morgan fingerprint density at radius 2 is 2.30 bits per heavy atom. The van der Waals surface area contributed by atoms with Gasteiger partial charge in [0.25, 0.3) is 0 Å². The maximum Gasteiger partial charge on any atom is 0.216 e. The molecule has 0 saturated carbocycles. The molecule has 0 heterocycles. The molecule has 1 atom stereocenters. The number of hydrogen-bond acceptors (Lipinski definition) is 3. The van der Waals surface area contributed by atoms with Crippen LogP contribution in [-0.4, -0.2) is 25.0 Å². The van der Waals surface area contributed by atoms with Gasteiger partial charge in [-0.2, -0.15) is 0 Å². The quantitative estimate of drug-likeness (QED) is 0.464. The first kappa shape index (κ1) is 9.39. The van der Waals surface area contributed by atoms with Crippen molar-refractivity contribution in [2.75, 3.05) is 13.1 Å². The summed E-state index contributed by atoms with van der Waals surface area (Å²) in [5, 5.41) is 2.61. The van der Waals surface area contributed by atoms with Crippen molar-refractivity contribution in [3.63, 3.8) is 0 Å². The fourth-order valence-electron chi connectivity index (χ4n) is 0.591. The average molecular weight is 145 g/mol. The standard InChI is InChI=1S/C6H15N3O/c1-5(10)9-4-6(8)2-3-7/h6H,2-4,7-8H2,1H3,(H,9,10). The summed E-state index contributed by atoms with van der Waals surface area (Å²) in [6.45, 7) is 2.56. The van der Waals surface area contributed by atoms with Crippen LogP contribution in [0.25, 0.3) is 0 Å². The van der Waals surface area contributed by atoms with E-state index in [-0.39, 0.29) is 11.9 Å². The highest BCUT2D eigenvalue weighted by molar-refractivity contribution is 5.72. The van der Waals surface area contributed by atoms with Crippen LogP contribution < -0.4 is 16.8 Å². The third-order valence-corrected chi connectivity index (χ3v) is 1.15. The summed E-state index contributed by atoms with van der Waals surface area (Å²) in [5.74, 6) is -0.0486. The SMILES string of the molecule is CC(=O)NCC(N)CCN. The van der Waals surface area contributed by atoms with Crippen LogP contribution in [0.1, 0.15) is 13.3 Å². The zero-order valence-corrected chi connectivity index (χ0v) is 6.26. The minimum atomic E-state index is -0.0486. The van der Waals surface area contributed by atoms with E-state index in [1.54, 1.807) is 0 Å². The molecule has 0 aliphatic carbocycles. The summed E-state index contributed by atoms with van der Waals surface area (Å²) in [4.78, 5) is 10.4. The molecular weight excluding hydrogens is 130 g/mol. The number of carbonyl (C=O) groups excluding carboxylic acids is 1. The Kier molecular flexibility index (Phi) is 4.88. The third kappa shape index (κ3) is 5.53. The molecular formula is C6H15N3O. The van der Waals surface area contributed by atoms with Gasteiger partial charge in [0, 0.05) is 19.5 Å². The van der Waals surface area contributed by atoms with Gasteiger partial charge in [-0.05, 0) is 13.0 Å². The lowest BCUT2D eigenvalue weighted by atomic mass is 10.2. The molecule has 4 nitrogen and oxygen atoms in total. The van der Waals surface area contributed by atoms with Gasteiger partial charge in [-0.3, -0.25) is 4.79 Å². The van der Waals surface area contributed by atoms with Crippen molar-refractivity contribution >= 4 is 5.91 Å². The summed E-state index contributed by atoms with van der Waals surface area (Å²) >= 11 is 0. The minimum Gasteiger partial charge on any atom is -0.355 e. The zero-order valence-electron chi connectivity index (χ0n) is 6.26. The summed E-state index contributed by atoms with van der Waals surface area (Å²) in [5.41, 5.74) is 10.8. The molecule has 1 unspecified atom stereocenters. The minimum absolute atomic E-state index is 0.00565. The van der Waals surface area contributed by atoms with Gasteiger partial charge < -0.3 is 16.8 Å². The molecule has 0 aromatic carbocycles. The van der Waals surface area contributed by atoms with Crippen molar-refractivity contribution < 1.29 is 4.79 Å². The Morgan fingerprint density at radius 3 is 2.70 bits per heavy atom. The Bertz CT molecular complexity index is 105. The molecule has 0 spiro atoms. The Morgan fingerprint density at radius 1 is 1.70 bits per heavy atom. The molecule has 1 amide bonds. The van der Waals surface area contributed by atoms with Crippen molar-refractivity contribution in [1.29, 1.82) is 0 Å². The number of nitrogens with one attached hydrogen (secondary N) is 1. The molecule has 0 fully saturated rings. The van der Waals surface area contributed by atoms with Gasteiger partial charge in [0.2, 0.25) is 5.91 Å². The summed E-state index contributed by atoms with van der Waals surface area (Å²) < 4.78 is 0. The highest BCUT2D eigenvalue weighted by atomic mass is 16.1. The molecule has 0 saturated heterocycles. The van der Waals surface area contributed by atoms with Crippen LogP contribution in [0, 0.1) is 0 Å². The van der Waals surface area contributed by atoms with Crippen molar-refractivity contribution in [2.45, 2.75) is 19.4 Å². The molecule has 60 valence electrons. The van der Waals surface area contributed by atoms with Crippen LogP contribution in [-0.2, 0) is 4.79 Å². The van der Waals surface area contributed by atoms with E-state index in [4.69, 9.17) is 11.5 Å². The molecule has 0 aliphatic rings. The van der Waals surface area contributed by atoms with Crippen LogP contribution >= 0.6 is 0 Å². The first-order valence-corrected chi connectivity index (χ1v) is 3.37. The van der Waals surface area contributed by atoms with Crippen molar-refractivity contribution in [3.8, 4) is 0 Å². The predicted octanol–water partition coefficient (Wildman–Crippen LogP) is -1.20. The van der Waals surface area contributed by atoms with Crippen LogP contribution in [0.3, 0.4) is 0 Å². The van der Waals surface area contributed by atoms with E-state index in [0.29, 0.717) is 13.1 Å². The van der Waals surface area contributed by atoms with Crippen LogP contribution in [0.2, 0.25) is 0 Å². The van der Waals surface area contributed by atoms with Gasteiger partial charge in [-0.15, -0.1) is 0 Å². The highest BCUT2D eigenvalue weighted by Crippen LogP contribution is 1.81. The van der Waals surface area contributed by atoms with Gasteiger partial charge in [0.15, 0.2) is 0 Å². The monoisotopic (exact) mass is 145 g/mol. The fourth-order valence-corrected chi connectivity index (χ4v) is 0.591. The van der Waals surface area contributed by atoms with Crippen LogP contribution in [0.4, 0.5) is 0 Å². The number of hydrogen-bond donors (Lipinski definition) is 3. The van der Waals surface area contributed by atoms with E-state index >= 15 is 0 Å². The molecule has 4 heteroatoms.